The van der Waals surface area contributed by atoms with Gasteiger partial charge in [0.15, 0.2) is 0 Å². The van der Waals surface area contributed by atoms with E-state index in [1.54, 1.807) is 0 Å². The maximum Gasteiger partial charge on any atom is 0.0961 e. The number of hydrogen-bond donors (Lipinski definition) is 1. The van der Waals surface area contributed by atoms with Gasteiger partial charge in [-0.05, 0) is 25.8 Å². The minimum Gasteiger partial charge on any atom is -0.378 e. The highest BCUT2D eigenvalue weighted by Gasteiger charge is 2.41. The van der Waals surface area contributed by atoms with Gasteiger partial charge in [-0.1, -0.05) is 0 Å². The van der Waals surface area contributed by atoms with Crippen molar-refractivity contribution in [3.05, 3.63) is 0 Å². The van der Waals surface area contributed by atoms with Crippen LogP contribution in [-0.4, -0.2) is 50.7 Å². The molecule has 0 bridgehead atoms. The number of ether oxygens (including phenoxy) is 3. The van der Waals surface area contributed by atoms with Gasteiger partial charge in [-0.25, -0.2) is 0 Å². The van der Waals surface area contributed by atoms with Crippen LogP contribution < -0.4 is 5.32 Å². The van der Waals surface area contributed by atoms with Crippen LogP contribution in [0.15, 0.2) is 0 Å². The zero-order chi connectivity index (χ0) is 11.6. The molecule has 2 unspecified atom stereocenters. The summed E-state index contributed by atoms with van der Waals surface area (Å²) < 4.78 is 17.6. The summed E-state index contributed by atoms with van der Waals surface area (Å²) in [6.45, 7) is 4.59. The van der Waals surface area contributed by atoms with Crippen molar-refractivity contribution in [2.75, 3.05) is 32.9 Å². The van der Waals surface area contributed by atoms with Gasteiger partial charge < -0.3 is 19.5 Å². The highest BCUT2D eigenvalue weighted by molar-refractivity contribution is 4.91. The van der Waals surface area contributed by atoms with Crippen molar-refractivity contribution in [2.24, 2.45) is 0 Å². The van der Waals surface area contributed by atoms with Crippen molar-refractivity contribution in [1.82, 2.24) is 5.32 Å². The fraction of sp³-hybridized carbons (Fsp3) is 1.00. The molecule has 0 amide bonds. The number of piperidine rings is 1. The molecule has 3 heterocycles. The van der Waals surface area contributed by atoms with Gasteiger partial charge in [0.2, 0.25) is 0 Å². The van der Waals surface area contributed by atoms with Crippen LogP contribution in [0.3, 0.4) is 0 Å². The van der Waals surface area contributed by atoms with Crippen LogP contribution in [-0.2, 0) is 14.2 Å². The fourth-order valence-corrected chi connectivity index (χ4v) is 3.17. The number of rotatable bonds is 2. The van der Waals surface area contributed by atoms with Gasteiger partial charge in [0, 0.05) is 32.6 Å². The lowest BCUT2D eigenvalue weighted by molar-refractivity contribution is -0.149. The third kappa shape index (κ3) is 2.81. The van der Waals surface area contributed by atoms with E-state index in [-0.39, 0.29) is 5.60 Å². The standard InChI is InChI=1S/C13H23NO3/c1-2-12(9-14-5-1)17-11-3-6-16-13(8-11)4-7-15-10-13/h11-12,14H,1-10H2/t11?,12-,13?/m0/s1. The second-order valence-electron chi connectivity index (χ2n) is 5.55. The van der Waals surface area contributed by atoms with Gasteiger partial charge >= 0.3 is 0 Å². The van der Waals surface area contributed by atoms with Gasteiger partial charge in [-0.2, -0.15) is 0 Å². The first kappa shape index (κ1) is 11.9. The van der Waals surface area contributed by atoms with E-state index in [1.165, 1.54) is 12.8 Å². The van der Waals surface area contributed by atoms with Crippen LogP contribution in [0.25, 0.3) is 0 Å². The van der Waals surface area contributed by atoms with Gasteiger partial charge in [-0.3, -0.25) is 0 Å². The second kappa shape index (κ2) is 5.22. The van der Waals surface area contributed by atoms with Crippen molar-refractivity contribution >= 4 is 0 Å². The fourth-order valence-electron chi connectivity index (χ4n) is 3.17. The minimum absolute atomic E-state index is 0.0228. The Morgan fingerprint density at radius 2 is 2.18 bits per heavy atom. The van der Waals surface area contributed by atoms with E-state index >= 15 is 0 Å². The highest BCUT2D eigenvalue weighted by Crippen LogP contribution is 2.34. The van der Waals surface area contributed by atoms with E-state index in [0.717, 1.165) is 52.2 Å². The third-order valence-corrected chi connectivity index (χ3v) is 4.15. The summed E-state index contributed by atoms with van der Waals surface area (Å²) in [4.78, 5) is 0. The topological polar surface area (TPSA) is 39.7 Å². The van der Waals surface area contributed by atoms with Gasteiger partial charge in [-0.15, -0.1) is 0 Å². The molecular formula is C13H23NO3. The van der Waals surface area contributed by atoms with Crippen molar-refractivity contribution in [2.45, 2.75) is 49.9 Å². The molecule has 17 heavy (non-hydrogen) atoms. The molecule has 98 valence electrons. The lowest BCUT2D eigenvalue weighted by Gasteiger charge is -2.39. The number of nitrogens with one attached hydrogen (secondary N) is 1. The van der Waals surface area contributed by atoms with Crippen LogP contribution in [0.4, 0.5) is 0 Å². The summed E-state index contributed by atoms with van der Waals surface area (Å²) >= 11 is 0. The SMILES string of the molecule is C1CNC[C@@H](OC2CCOC3(CCOC3)C2)C1. The Morgan fingerprint density at radius 3 is 2.94 bits per heavy atom. The van der Waals surface area contributed by atoms with Crippen molar-refractivity contribution in [1.29, 1.82) is 0 Å². The summed E-state index contributed by atoms with van der Waals surface area (Å²) in [7, 11) is 0. The Balaban J connectivity index is 1.52. The van der Waals surface area contributed by atoms with Gasteiger partial charge in [0.1, 0.15) is 0 Å². The zero-order valence-electron chi connectivity index (χ0n) is 10.5. The van der Waals surface area contributed by atoms with E-state index in [0.29, 0.717) is 12.2 Å². The minimum atomic E-state index is -0.0228. The molecule has 4 heteroatoms. The molecule has 0 aromatic heterocycles. The van der Waals surface area contributed by atoms with Gasteiger partial charge in [0.05, 0.1) is 24.4 Å². The monoisotopic (exact) mass is 241 g/mol. The smallest absolute Gasteiger partial charge is 0.0961 e. The molecule has 3 saturated heterocycles. The average molecular weight is 241 g/mol. The maximum absolute atomic E-state index is 6.22. The Morgan fingerprint density at radius 1 is 1.18 bits per heavy atom. The molecule has 1 N–H and O–H groups in total. The third-order valence-electron chi connectivity index (χ3n) is 4.15. The summed E-state index contributed by atoms with van der Waals surface area (Å²) in [6.07, 6.45) is 6.31. The highest BCUT2D eigenvalue weighted by atomic mass is 16.6. The Bertz CT molecular complexity index is 247. The lowest BCUT2D eigenvalue weighted by Crippen LogP contribution is -2.46. The Hall–Kier alpha value is -0.160. The first-order valence-corrected chi connectivity index (χ1v) is 6.94. The quantitative estimate of drug-likeness (QED) is 0.785. The Kier molecular flexibility index (Phi) is 3.66. The predicted octanol–water partition coefficient (Wildman–Crippen LogP) is 1.09. The summed E-state index contributed by atoms with van der Waals surface area (Å²) in [5, 5.41) is 3.40. The summed E-state index contributed by atoms with van der Waals surface area (Å²) in [5.41, 5.74) is -0.0228. The molecule has 1 spiro atoms. The van der Waals surface area contributed by atoms with Crippen LogP contribution >= 0.6 is 0 Å². The molecule has 3 rings (SSSR count). The average Bonchev–Trinajstić information content (AvgIpc) is 2.79. The maximum atomic E-state index is 6.22. The van der Waals surface area contributed by atoms with Crippen molar-refractivity contribution in [3.8, 4) is 0 Å². The van der Waals surface area contributed by atoms with Crippen LogP contribution in [0.1, 0.15) is 32.1 Å². The molecule has 3 fully saturated rings. The number of hydrogen-bond acceptors (Lipinski definition) is 4. The molecule has 0 aromatic carbocycles. The van der Waals surface area contributed by atoms with Crippen LogP contribution in [0, 0.1) is 0 Å². The molecule has 0 saturated carbocycles. The molecule has 4 nitrogen and oxygen atoms in total. The van der Waals surface area contributed by atoms with E-state index in [1.807, 2.05) is 0 Å². The molecule has 3 aliphatic rings. The van der Waals surface area contributed by atoms with Gasteiger partial charge in [0.25, 0.3) is 0 Å². The van der Waals surface area contributed by atoms with E-state index in [2.05, 4.69) is 5.32 Å². The molecule has 0 aliphatic carbocycles. The largest absolute Gasteiger partial charge is 0.378 e. The van der Waals surface area contributed by atoms with Crippen LogP contribution in [0.5, 0.6) is 0 Å². The molecule has 0 aromatic rings. The van der Waals surface area contributed by atoms with E-state index in [4.69, 9.17) is 14.2 Å². The predicted molar refractivity (Wildman–Crippen MR) is 64.1 cm³/mol. The zero-order valence-corrected chi connectivity index (χ0v) is 10.5. The molecule has 3 aliphatic heterocycles. The first-order chi connectivity index (χ1) is 8.36. The Labute approximate surface area is 103 Å². The van der Waals surface area contributed by atoms with E-state index in [9.17, 15) is 0 Å². The second-order valence-corrected chi connectivity index (χ2v) is 5.55. The normalized spacial score (nSPS) is 43.1. The van der Waals surface area contributed by atoms with Crippen LogP contribution in [0.2, 0.25) is 0 Å². The summed E-state index contributed by atoms with van der Waals surface area (Å²) in [5.74, 6) is 0. The molecular weight excluding hydrogens is 218 g/mol. The lowest BCUT2D eigenvalue weighted by atomic mass is 9.91. The van der Waals surface area contributed by atoms with E-state index < -0.39 is 0 Å². The summed E-state index contributed by atoms with van der Waals surface area (Å²) in [6, 6.07) is 0. The molecule has 3 atom stereocenters. The molecule has 0 radical (unpaired) electrons. The van der Waals surface area contributed by atoms with Crippen molar-refractivity contribution in [3.63, 3.8) is 0 Å². The van der Waals surface area contributed by atoms with Crippen molar-refractivity contribution < 1.29 is 14.2 Å². The first-order valence-electron chi connectivity index (χ1n) is 6.94.